The van der Waals surface area contributed by atoms with Crippen LogP contribution in [0.15, 0.2) is 60.3 Å². The van der Waals surface area contributed by atoms with Crippen LogP contribution < -0.4 is 16.2 Å². The Hall–Kier alpha value is -2.95. The zero-order valence-electron chi connectivity index (χ0n) is 13.0. The summed E-state index contributed by atoms with van der Waals surface area (Å²) in [5.74, 6) is 0.738. The molecule has 0 saturated heterocycles. The monoisotopic (exact) mass is 312 g/mol. The van der Waals surface area contributed by atoms with Gasteiger partial charge in [0.2, 0.25) is 5.91 Å². The van der Waals surface area contributed by atoms with Gasteiger partial charge in [0.25, 0.3) is 0 Å². The van der Waals surface area contributed by atoms with Crippen molar-refractivity contribution in [2.75, 3.05) is 13.2 Å². The zero-order valence-corrected chi connectivity index (χ0v) is 13.0. The fourth-order valence-corrected chi connectivity index (χ4v) is 2.04. The van der Waals surface area contributed by atoms with E-state index in [0.717, 1.165) is 5.56 Å². The van der Waals surface area contributed by atoms with Gasteiger partial charge in [0.1, 0.15) is 18.1 Å². The Morgan fingerprint density at radius 3 is 2.17 bits per heavy atom. The summed E-state index contributed by atoms with van der Waals surface area (Å²) in [4.78, 5) is 11.0. The fraction of sp³-hybridized carbons (Fsp3) is 0.167. The third kappa shape index (κ3) is 4.51. The van der Waals surface area contributed by atoms with Gasteiger partial charge in [-0.05, 0) is 31.2 Å². The van der Waals surface area contributed by atoms with Gasteiger partial charge in [0, 0.05) is 11.1 Å². The first-order valence-electron chi connectivity index (χ1n) is 7.31. The van der Waals surface area contributed by atoms with Crippen LogP contribution in [0.5, 0.6) is 5.75 Å². The number of carbonyl (C=O) groups excluding carboxylic acids is 1. The molecule has 4 N–H and O–H groups in total. The van der Waals surface area contributed by atoms with Crippen molar-refractivity contribution < 1.29 is 14.3 Å². The number of nitrogens with two attached hydrogens (primary N) is 2. The van der Waals surface area contributed by atoms with Gasteiger partial charge in [0.15, 0.2) is 0 Å². The SMILES string of the molecule is CCO/C(=C(\N)COc1ccc(C(N)=O)cc1)c1ccccc1. The van der Waals surface area contributed by atoms with Crippen LogP contribution in [-0.4, -0.2) is 19.1 Å². The van der Waals surface area contributed by atoms with Crippen molar-refractivity contribution in [3.63, 3.8) is 0 Å². The van der Waals surface area contributed by atoms with Crippen molar-refractivity contribution >= 4 is 11.7 Å². The molecule has 2 aromatic rings. The second-order valence-electron chi connectivity index (χ2n) is 4.83. The molecule has 0 radical (unpaired) electrons. The van der Waals surface area contributed by atoms with Crippen molar-refractivity contribution in [3.8, 4) is 5.75 Å². The van der Waals surface area contributed by atoms with Crippen LogP contribution in [0.1, 0.15) is 22.8 Å². The molecule has 0 aromatic heterocycles. The summed E-state index contributed by atoms with van der Waals surface area (Å²) >= 11 is 0. The van der Waals surface area contributed by atoms with E-state index >= 15 is 0 Å². The minimum absolute atomic E-state index is 0.181. The summed E-state index contributed by atoms with van der Waals surface area (Å²) < 4.78 is 11.3. The largest absolute Gasteiger partial charge is 0.491 e. The Morgan fingerprint density at radius 2 is 1.61 bits per heavy atom. The predicted molar refractivity (Wildman–Crippen MR) is 89.6 cm³/mol. The number of amides is 1. The molecule has 5 heteroatoms. The molecule has 0 fully saturated rings. The highest BCUT2D eigenvalue weighted by Gasteiger charge is 2.09. The molecule has 0 aliphatic heterocycles. The summed E-state index contributed by atoms with van der Waals surface area (Å²) in [6.07, 6.45) is 0. The number of hydrogen-bond donors (Lipinski definition) is 2. The van der Waals surface area contributed by atoms with E-state index in [-0.39, 0.29) is 6.61 Å². The van der Waals surface area contributed by atoms with E-state index < -0.39 is 5.91 Å². The lowest BCUT2D eigenvalue weighted by atomic mass is 10.1. The summed E-state index contributed by atoms with van der Waals surface area (Å²) in [5.41, 5.74) is 13.1. The molecule has 0 unspecified atom stereocenters. The molecular formula is C18H20N2O3. The van der Waals surface area contributed by atoms with Crippen molar-refractivity contribution in [2.24, 2.45) is 11.5 Å². The van der Waals surface area contributed by atoms with Gasteiger partial charge in [-0.1, -0.05) is 30.3 Å². The number of carbonyl (C=O) groups is 1. The molecule has 2 aromatic carbocycles. The highest BCUT2D eigenvalue weighted by Crippen LogP contribution is 2.19. The van der Waals surface area contributed by atoms with E-state index in [9.17, 15) is 4.79 Å². The van der Waals surface area contributed by atoms with Gasteiger partial charge in [0.05, 0.1) is 12.3 Å². The number of ether oxygens (including phenoxy) is 2. The van der Waals surface area contributed by atoms with Gasteiger partial charge in [-0.3, -0.25) is 4.79 Å². The lowest BCUT2D eigenvalue weighted by Crippen LogP contribution is -2.14. The first-order valence-corrected chi connectivity index (χ1v) is 7.31. The predicted octanol–water partition coefficient (Wildman–Crippen LogP) is 2.53. The highest BCUT2D eigenvalue weighted by atomic mass is 16.5. The quantitative estimate of drug-likeness (QED) is 0.769. The highest BCUT2D eigenvalue weighted by molar-refractivity contribution is 5.92. The van der Waals surface area contributed by atoms with Crippen LogP contribution in [0, 0.1) is 0 Å². The van der Waals surface area contributed by atoms with Crippen LogP contribution in [0.2, 0.25) is 0 Å². The molecule has 2 rings (SSSR count). The third-order valence-corrected chi connectivity index (χ3v) is 3.15. The minimum atomic E-state index is -0.473. The van der Waals surface area contributed by atoms with Crippen LogP contribution >= 0.6 is 0 Å². The van der Waals surface area contributed by atoms with E-state index in [1.165, 1.54) is 0 Å². The van der Waals surface area contributed by atoms with Crippen LogP contribution in [0.3, 0.4) is 0 Å². The maximum Gasteiger partial charge on any atom is 0.248 e. The molecule has 5 nitrogen and oxygen atoms in total. The lowest BCUT2D eigenvalue weighted by molar-refractivity contribution is 0.100. The summed E-state index contributed by atoms with van der Waals surface area (Å²) in [5, 5.41) is 0. The van der Waals surface area contributed by atoms with E-state index in [1.54, 1.807) is 24.3 Å². The van der Waals surface area contributed by atoms with Gasteiger partial charge in [-0.15, -0.1) is 0 Å². The van der Waals surface area contributed by atoms with Crippen LogP contribution in [-0.2, 0) is 4.74 Å². The van der Waals surface area contributed by atoms with Crippen molar-refractivity contribution in [1.29, 1.82) is 0 Å². The standard InChI is InChI=1S/C18H20N2O3/c1-2-22-17(13-6-4-3-5-7-13)16(19)12-23-15-10-8-14(9-11-15)18(20)21/h3-11H,2,12,19H2,1H3,(H2,20,21)/b17-16-. The van der Waals surface area contributed by atoms with E-state index in [0.29, 0.717) is 29.4 Å². The van der Waals surface area contributed by atoms with Crippen molar-refractivity contribution in [3.05, 3.63) is 71.4 Å². The molecule has 23 heavy (non-hydrogen) atoms. The number of hydrogen-bond acceptors (Lipinski definition) is 4. The summed E-state index contributed by atoms with van der Waals surface area (Å²) in [6, 6.07) is 16.2. The molecule has 120 valence electrons. The second-order valence-corrected chi connectivity index (χ2v) is 4.83. The first kappa shape index (κ1) is 16.4. The van der Waals surface area contributed by atoms with Crippen LogP contribution in [0.4, 0.5) is 0 Å². The molecule has 0 aliphatic rings. The van der Waals surface area contributed by atoms with Crippen molar-refractivity contribution in [2.45, 2.75) is 6.92 Å². The smallest absolute Gasteiger partial charge is 0.248 e. The van der Waals surface area contributed by atoms with Crippen molar-refractivity contribution in [1.82, 2.24) is 0 Å². The average molecular weight is 312 g/mol. The Morgan fingerprint density at radius 1 is 0.957 bits per heavy atom. The van der Waals surface area contributed by atoms with E-state index in [2.05, 4.69) is 0 Å². The molecule has 0 heterocycles. The molecule has 0 atom stereocenters. The molecular weight excluding hydrogens is 292 g/mol. The normalized spacial score (nSPS) is 11.5. The Kier molecular flexibility index (Phi) is 5.63. The maximum absolute atomic E-state index is 11.0. The van der Waals surface area contributed by atoms with Crippen LogP contribution in [0.25, 0.3) is 5.76 Å². The summed E-state index contributed by atoms with van der Waals surface area (Å²) in [7, 11) is 0. The van der Waals surface area contributed by atoms with Gasteiger partial charge in [-0.25, -0.2) is 0 Å². The number of benzene rings is 2. The van der Waals surface area contributed by atoms with Gasteiger partial charge in [-0.2, -0.15) is 0 Å². The van der Waals surface area contributed by atoms with Gasteiger partial charge < -0.3 is 20.9 Å². The number of rotatable bonds is 7. The second kappa shape index (κ2) is 7.89. The first-order chi connectivity index (χ1) is 11.1. The average Bonchev–Trinajstić information content (AvgIpc) is 2.58. The Labute approximate surface area is 135 Å². The number of primary amides is 1. The van der Waals surface area contributed by atoms with E-state index in [1.807, 2.05) is 37.3 Å². The minimum Gasteiger partial charge on any atom is -0.491 e. The zero-order chi connectivity index (χ0) is 16.7. The van der Waals surface area contributed by atoms with Gasteiger partial charge >= 0.3 is 0 Å². The molecule has 0 bridgehead atoms. The molecule has 1 amide bonds. The summed E-state index contributed by atoms with van der Waals surface area (Å²) in [6.45, 7) is 2.60. The topological polar surface area (TPSA) is 87.6 Å². The maximum atomic E-state index is 11.0. The third-order valence-electron chi connectivity index (χ3n) is 3.15. The van der Waals surface area contributed by atoms with E-state index in [4.69, 9.17) is 20.9 Å². The fourth-order valence-electron chi connectivity index (χ4n) is 2.04. The molecule has 0 saturated carbocycles. The Bertz CT molecular complexity index is 679. The molecule has 0 spiro atoms. The molecule has 0 aliphatic carbocycles. The Balaban J connectivity index is 2.11. The lowest BCUT2D eigenvalue weighted by Gasteiger charge is -2.14.